The Morgan fingerprint density at radius 2 is 2.07 bits per heavy atom. The van der Waals surface area contributed by atoms with E-state index in [-0.39, 0.29) is 0 Å². The van der Waals surface area contributed by atoms with E-state index >= 15 is 0 Å². The van der Waals surface area contributed by atoms with Crippen LogP contribution in [0.15, 0.2) is 0 Å². The third-order valence-electron chi connectivity index (χ3n) is 3.47. The summed E-state index contributed by atoms with van der Waals surface area (Å²) >= 11 is 0. The van der Waals surface area contributed by atoms with Gasteiger partial charge < -0.3 is 9.84 Å². The molecule has 1 aliphatic carbocycles. The lowest BCUT2D eigenvalue weighted by Crippen LogP contribution is -2.36. The Bertz CT molecular complexity index is 187. The number of rotatable bonds is 4. The van der Waals surface area contributed by atoms with Gasteiger partial charge in [-0.25, -0.2) is 0 Å². The van der Waals surface area contributed by atoms with E-state index in [1.54, 1.807) is 7.11 Å². The number of methoxy groups -OCH3 is 1. The second-order valence-electron chi connectivity index (χ2n) is 4.51. The zero-order chi connectivity index (χ0) is 10.6. The Morgan fingerprint density at radius 3 is 2.50 bits per heavy atom. The molecule has 3 heteroatoms. The van der Waals surface area contributed by atoms with E-state index in [4.69, 9.17) is 4.74 Å². The Balaban J connectivity index is 2.58. The molecule has 1 aliphatic rings. The van der Waals surface area contributed by atoms with Crippen molar-refractivity contribution in [3.63, 3.8) is 0 Å². The normalized spacial score (nSPS) is 32.9. The Morgan fingerprint density at radius 1 is 1.50 bits per heavy atom. The van der Waals surface area contributed by atoms with Gasteiger partial charge in [-0.1, -0.05) is 6.92 Å². The fourth-order valence-corrected chi connectivity index (χ4v) is 2.18. The summed E-state index contributed by atoms with van der Waals surface area (Å²) in [5.74, 6) is 0.0477. The van der Waals surface area contributed by atoms with Gasteiger partial charge in [0.2, 0.25) is 0 Å². The maximum absolute atomic E-state index is 11.2. The number of carbonyl (C=O) groups is 1. The van der Waals surface area contributed by atoms with E-state index in [2.05, 4.69) is 6.92 Å². The maximum atomic E-state index is 11.2. The molecule has 1 rings (SSSR count). The fraction of sp³-hybridized carbons (Fsp3) is 0.909. The minimum Gasteiger partial charge on any atom is -0.481 e. The van der Waals surface area contributed by atoms with Crippen LogP contribution < -0.4 is 0 Å². The molecule has 0 aromatic heterocycles. The van der Waals surface area contributed by atoms with Gasteiger partial charge in [0.25, 0.3) is 0 Å². The first kappa shape index (κ1) is 11.5. The highest BCUT2D eigenvalue weighted by Gasteiger charge is 2.40. The van der Waals surface area contributed by atoms with Crippen LogP contribution in [0.3, 0.4) is 0 Å². The van der Waals surface area contributed by atoms with Crippen molar-refractivity contribution in [2.45, 2.75) is 39.0 Å². The number of carboxylic acids is 1. The van der Waals surface area contributed by atoms with Gasteiger partial charge in [-0.2, -0.15) is 0 Å². The number of carboxylic acid groups (broad SMARTS) is 1. The van der Waals surface area contributed by atoms with Crippen molar-refractivity contribution >= 4 is 5.97 Å². The molecule has 0 spiro atoms. The lowest BCUT2D eigenvalue weighted by Gasteiger charge is -2.35. The summed E-state index contributed by atoms with van der Waals surface area (Å²) in [6.45, 7) is 2.75. The molecule has 0 radical (unpaired) electrons. The van der Waals surface area contributed by atoms with Crippen molar-refractivity contribution in [1.82, 2.24) is 0 Å². The van der Waals surface area contributed by atoms with Gasteiger partial charge >= 0.3 is 5.97 Å². The van der Waals surface area contributed by atoms with Gasteiger partial charge in [0, 0.05) is 13.7 Å². The molecule has 0 bridgehead atoms. The van der Waals surface area contributed by atoms with Gasteiger partial charge in [-0.3, -0.25) is 4.79 Å². The Hall–Kier alpha value is -0.570. The molecule has 1 fully saturated rings. The van der Waals surface area contributed by atoms with Crippen LogP contribution in [0.5, 0.6) is 0 Å². The van der Waals surface area contributed by atoms with Crippen LogP contribution in [-0.2, 0) is 9.53 Å². The molecule has 82 valence electrons. The van der Waals surface area contributed by atoms with Gasteiger partial charge in [0.15, 0.2) is 0 Å². The summed E-state index contributed by atoms with van der Waals surface area (Å²) in [6, 6.07) is 0. The number of hydrogen-bond acceptors (Lipinski definition) is 2. The first-order chi connectivity index (χ1) is 6.60. The Kier molecular flexibility index (Phi) is 3.93. The molecule has 0 heterocycles. The van der Waals surface area contributed by atoms with Crippen molar-refractivity contribution < 1.29 is 14.6 Å². The molecule has 1 saturated carbocycles. The zero-order valence-electron chi connectivity index (χ0n) is 9.08. The highest BCUT2D eigenvalue weighted by atomic mass is 16.5. The van der Waals surface area contributed by atoms with Gasteiger partial charge in [0.05, 0.1) is 5.41 Å². The predicted molar refractivity (Wildman–Crippen MR) is 54.2 cm³/mol. The number of aliphatic carboxylic acids is 1. The molecule has 0 aliphatic heterocycles. The molecule has 1 N–H and O–H groups in total. The van der Waals surface area contributed by atoms with Crippen molar-refractivity contribution in [3.05, 3.63) is 0 Å². The van der Waals surface area contributed by atoms with E-state index < -0.39 is 11.4 Å². The van der Waals surface area contributed by atoms with Crippen LogP contribution in [-0.4, -0.2) is 24.8 Å². The molecule has 0 saturated heterocycles. The molecular weight excluding hydrogens is 180 g/mol. The third-order valence-corrected chi connectivity index (χ3v) is 3.47. The summed E-state index contributed by atoms with van der Waals surface area (Å²) in [6.07, 6.45) is 4.36. The zero-order valence-corrected chi connectivity index (χ0v) is 9.08. The third kappa shape index (κ3) is 2.47. The molecule has 0 aromatic carbocycles. The molecule has 14 heavy (non-hydrogen) atoms. The number of hydrogen-bond donors (Lipinski definition) is 1. The summed E-state index contributed by atoms with van der Waals surface area (Å²) < 4.78 is 4.98. The predicted octanol–water partition coefficient (Wildman–Crippen LogP) is 2.30. The standard InChI is InChI=1S/C11H20O3/c1-9-3-5-11(6-4-9,10(12)13)7-8-14-2/h9H,3-8H2,1-2H3,(H,12,13). The quantitative estimate of drug-likeness (QED) is 0.757. The fourth-order valence-electron chi connectivity index (χ4n) is 2.18. The molecule has 0 unspecified atom stereocenters. The molecule has 3 nitrogen and oxygen atoms in total. The van der Waals surface area contributed by atoms with E-state index in [1.807, 2.05) is 0 Å². The number of ether oxygens (including phenoxy) is 1. The average molecular weight is 200 g/mol. The van der Waals surface area contributed by atoms with Crippen LogP contribution >= 0.6 is 0 Å². The van der Waals surface area contributed by atoms with Crippen molar-refractivity contribution in [2.75, 3.05) is 13.7 Å². The van der Waals surface area contributed by atoms with Crippen LogP contribution in [0.1, 0.15) is 39.0 Å². The summed E-state index contributed by atoms with van der Waals surface area (Å²) in [4.78, 5) is 11.2. The smallest absolute Gasteiger partial charge is 0.309 e. The first-order valence-corrected chi connectivity index (χ1v) is 5.33. The topological polar surface area (TPSA) is 46.5 Å². The van der Waals surface area contributed by atoms with Crippen LogP contribution in [0.4, 0.5) is 0 Å². The maximum Gasteiger partial charge on any atom is 0.309 e. The molecule has 0 atom stereocenters. The van der Waals surface area contributed by atoms with E-state index in [9.17, 15) is 9.90 Å². The second-order valence-corrected chi connectivity index (χ2v) is 4.51. The summed E-state index contributed by atoms with van der Waals surface area (Å²) in [5, 5.41) is 9.25. The lowest BCUT2D eigenvalue weighted by atomic mass is 9.69. The van der Waals surface area contributed by atoms with Gasteiger partial charge in [-0.05, 0) is 38.0 Å². The molecular formula is C11H20O3. The molecule has 0 aromatic rings. The van der Waals surface area contributed by atoms with Crippen molar-refractivity contribution in [3.8, 4) is 0 Å². The highest BCUT2D eigenvalue weighted by molar-refractivity contribution is 5.74. The van der Waals surface area contributed by atoms with Crippen LogP contribution in [0.2, 0.25) is 0 Å². The van der Waals surface area contributed by atoms with Gasteiger partial charge in [0.1, 0.15) is 0 Å². The first-order valence-electron chi connectivity index (χ1n) is 5.33. The Labute approximate surface area is 85.5 Å². The highest BCUT2D eigenvalue weighted by Crippen LogP contribution is 2.41. The lowest BCUT2D eigenvalue weighted by molar-refractivity contribution is -0.153. The average Bonchev–Trinajstić information content (AvgIpc) is 2.17. The van der Waals surface area contributed by atoms with Crippen LogP contribution in [0.25, 0.3) is 0 Å². The van der Waals surface area contributed by atoms with Crippen molar-refractivity contribution in [1.29, 1.82) is 0 Å². The SMILES string of the molecule is COCCC1(C(=O)O)CCC(C)CC1. The van der Waals surface area contributed by atoms with E-state index in [1.165, 1.54) is 0 Å². The van der Waals surface area contributed by atoms with E-state index in [0.29, 0.717) is 18.9 Å². The van der Waals surface area contributed by atoms with Crippen LogP contribution in [0, 0.1) is 11.3 Å². The molecule has 0 amide bonds. The van der Waals surface area contributed by atoms with Gasteiger partial charge in [-0.15, -0.1) is 0 Å². The van der Waals surface area contributed by atoms with E-state index in [0.717, 1.165) is 25.7 Å². The largest absolute Gasteiger partial charge is 0.481 e. The second kappa shape index (κ2) is 4.78. The minimum absolute atomic E-state index is 0.497. The minimum atomic E-state index is -0.638. The monoisotopic (exact) mass is 200 g/mol. The summed E-state index contributed by atoms with van der Waals surface area (Å²) in [5.41, 5.74) is -0.497. The van der Waals surface area contributed by atoms with Crippen molar-refractivity contribution in [2.24, 2.45) is 11.3 Å². The summed E-state index contributed by atoms with van der Waals surface area (Å²) in [7, 11) is 1.63.